The fourth-order valence-corrected chi connectivity index (χ4v) is 2.60. The number of carboxylic acid groups (broad SMARTS) is 1. The molecule has 0 atom stereocenters. The van der Waals surface area contributed by atoms with E-state index in [2.05, 4.69) is 20.9 Å². The third-order valence-electron chi connectivity index (χ3n) is 3.45. The first-order valence-corrected chi connectivity index (χ1v) is 7.20. The number of furan rings is 1. The predicted octanol–water partition coefficient (Wildman–Crippen LogP) is 3.76. The smallest absolute Gasteiger partial charge is 0.323 e. The SMILES string of the molecule is Cc1cc2nc(-c3ccc(Br)o3)n(CC(=O)O)c2cc1C. The van der Waals surface area contributed by atoms with E-state index in [1.807, 2.05) is 26.0 Å². The van der Waals surface area contributed by atoms with Crippen molar-refractivity contribution in [3.8, 4) is 11.6 Å². The molecule has 5 nitrogen and oxygen atoms in total. The molecule has 21 heavy (non-hydrogen) atoms. The molecule has 2 heterocycles. The molecule has 0 saturated heterocycles. The Morgan fingerprint density at radius 3 is 2.67 bits per heavy atom. The lowest BCUT2D eigenvalue weighted by Gasteiger charge is -2.05. The summed E-state index contributed by atoms with van der Waals surface area (Å²) in [6, 6.07) is 7.45. The molecule has 0 radical (unpaired) electrons. The average Bonchev–Trinajstić information content (AvgIpc) is 2.95. The van der Waals surface area contributed by atoms with Crippen LogP contribution in [0.15, 0.2) is 33.4 Å². The summed E-state index contributed by atoms with van der Waals surface area (Å²) in [5.41, 5.74) is 3.78. The highest BCUT2D eigenvalue weighted by Crippen LogP contribution is 2.29. The fourth-order valence-electron chi connectivity index (χ4n) is 2.30. The van der Waals surface area contributed by atoms with Gasteiger partial charge < -0.3 is 14.1 Å². The van der Waals surface area contributed by atoms with E-state index in [1.165, 1.54) is 0 Å². The minimum Gasteiger partial charge on any atom is -0.480 e. The van der Waals surface area contributed by atoms with Crippen LogP contribution in [0.25, 0.3) is 22.6 Å². The minimum absolute atomic E-state index is 0.160. The molecule has 0 aliphatic carbocycles. The molecule has 1 N–H and O–H groups in total. The van der Waals surface area contributed by atoms with Crippen LogP contribution in [0, 0.1) is 13.8 Å². The minimum atomic E-state index is -0.917. The van der Waals surface area contributed by atoms with E-state index in [4.69, 9.17) is 9.52 Å². The lowest BCUT2D eigenvalue weighted by molar-refractivity contribution is -0.137. The van der Waals surface area contributed by atoms with Gasteiger partial charge in [-0.05, 0) is 65.2 Å². The first kappa shape index (κ1) is 13.9. The highest BCUT2D eigenvalue weighted by molar-refractivity contribution is 9.10. The normalized spacial score (nSPS) is 11.2. The zero-order chi connectivity index (χ0) is 15.1. The number of hydrogen-bond acceptors (Lipinski definition) is 3. The Morgan fingerprint density at radius 2 is 2.05 bits per heavy atom. The predicted molar refractivity (Wildman–Crippen MR) is 82.2 cm³/mol. The number of benzene rings is 1. The summed E-state index contributed by atoms with van der Waals surface area (Å²) in [5, 5.41) is 9.16. The molecule has 0 aliphatic rings. The fraction of sp³-hybridized carbons (Fsp3) is 0.200. The van der Waals surface area contributed by atoms with Gasteiger partial charge in [0, 0.05) is 0 Å². The van der Waals surface area contributed by atoms with Crippen molar-refractivity contribution in [3.05, 3.63) is 40.1 Å². The van der Waals surface area contributed by atoms with Gasteiger partial charge in [-0.3, -0.25) is 4.79 Å². The summed E-state index contributed by atoms with van der Waals surface area (Å²) in [6.45, 7) is 3.84. The Hall–Kier alpha value is -2.08. The van der Waals surface area contributed by atoms with Crippen molar-refractivity contribution in [1.82, 2.24) is 9.55 Å². The largest absolute Gasteiger partial charge is 0.480 e. The summed E-state index contributed by atoms with van der Waals surface area (Å²) in [5.74, 6) is 0.136. The van der Waals surface area contributed by atoms with Gasteiger partial charge in [-0.25, -0.2) is 4.98 Å². The second-order valence-corrected chi connectivity index (χ2v) is 5.73. The number of aromatic nitrogens is 2. The van der Waals surface area contributed by atoms with Gasteiger partial charge in [0.25, 0.3) is 0 Å². The van der Waals surface area contributed by atoms with E-state index in [0.717, 1.165) is 22.2 Å². The second-order valence-electron chi connectivity index (χ2n) is 4.94. The van der Waals surface area contributed by atoms with Gasteiger partial charge in [0.2, 0.25) is 0 Å². The molecule has 0 fully saturated rings. The lowest BCUT2D eigenvalue weighted by atomic mass is 10.1. The van der Waals surface area contributed by atoms with Crippen LogP contribution in [0.4, 0.5) is 0 Å². The molecule has 1 aromatic carbocycles. The number of nitrogens with zero attached hydrogens (tertiary/aromatic N) is 2. The molecule has 108 valence electrons. The van der Waals surface area contributed by atoms with Crippen molar-refractivity contribution >= 4 is 32.9 Å². The number of imidazole rings is 1. The number of aryl methyl sites for hydroxylation is 2. The summed E-state index contributed by atoms with van der Waals surface area (Å²) in [4.78, 5) is 15.7. The number of hydrogen-bond donors (Lipinski definition) is 1. The van der Waals surface area contributed by atoms with Gasteiger partial charge in [-0.1, -0.05) is 0 Å². The quantitative estimate of drug-likeness (QED) is 0.782. The molecular weight excluding hydrogens is 336 g/mol. The number of carboxylic acids is 1. The van der Waals surface area contributed by atoms with E-state index in [0.29, 0.717) is 16.3 Å². The van der Waals surface area contributed by atoms with Crippen molar-refractivity contribution in [3.63, 3.8) is 0 Å². The van der Waals surface area contributed by atoms with Crippen molar-refractivity contribution in [2.75, 3.05) is 0 Å². The summed E-state index contributed by atoms with van der Waals surface area (Å²) in [7, 11) is 0. The first-order chi connectivity index (χ1) is 9.95. The molecular formula is C15H13BrN2O3. The third-order valence-corrected chi connectivity index (χ3v) is 3.88. The molecule has 0 unspecified atom stereocenters. The number of aliphatic carboxylic acids is 1. The highest BCUT2D eigenvalue weighted by atomic mass is 79.9. The van der Waals surface area contributed by atoms with Gasteiger partial charge in [0.15, 0.2) is 16.3 Å². The van der Waals surface area contributed by atoms with Crippen LogP contribution < -0.4 is 0 Å². The lowest BCUT2D eigenvalue weighted by Crippen LogP contribution is -2.09. The number of fused-ring (bicyclic) bond motifs is 1. The highest BCUT2D eigenvalue weighted by Gasteiger charge is 2.18. The summed E-state index contributed by atoms with van der Waals surface area (Å²) < 4.78 is 7.77. The Balaban J connectivity index is 2.29. The van der Waals surface area contributed by atoms with Crippen LogP contribution >= 0.6 is 15.9 Å². The molecule has 3 rings (SSSR count). The van der Waals surface area contributed by atoms with Crippen LogP contribution in [0.5, 0.6) is 0 Å². The Bertz CT molecular complexity index is 848. The maximum absolute atomic E-state index is 11.2. The Morgan fingerprint density at radius 1 is 1.33 bits per heavy atom. The second kappa shape index (κ2) is 5.04. The monoisotopic (exact) mass is 348 g/mol. The standard InChI is InChI=1S/C15H13BrN2O3/c1-8-5-10-11(6-9(8)2)18(7-14(19)20)15(17-10)12-3-4-13(16)21-12/h3-6H,7H2,1-2H3,(H,19,20). The zero-order valence-corrected chi connectivity index (χ0v) is 13.1. The van der Waals surface area contributed by atoms with E-state index in [1.54, 1.807) is 16.7 Å². The molecule has 0 amide bonds. The zero-order valence-electron chi connectivity index (χ0n) is 11.6. The first-order valence-electron chi connectivity index (χ1n) is 6.40. The van der Waals surface area contributed by atoms with Crippen LogP contribution in [0.2, 0.25) is 0 Å². The third kappa shape index (κ3) is 2.47. The number of halogens is 1. The molecule has 0 bridgehead atoms. The van der Waals surface area contributed by atoms with Gasteiger partial charge in [0.05, 0.1) is 11.0 Å². The average molecular weight is 349 g/mol. The van der Waals surface area contributed by atoms with Gasteiger partial charge in [0.1, 0.15) is 6.54 Å². The molecule has 0 spiro atoms. The van der Waals surface area contributed by atoms with E-state index in [-0.39, 0.29) is 6.54 Å². The van der Waals surface area contributed by atoms with Crippen LogP contribution in [0.1, 0.15) is 11.1 Å². The number of rotatable bonds is 3. The summed E-state index contributed by atoms with van der Waals surface area (Å²) >= 11 is 3.25. The van der Waals surface area contributed by atoms with Gasteiger partial charge >= 0.3 is 5.97 Å². The maximum Gasteiger partial charge on any atom is 0.323 e. The van der Waals surface area contributed by atoms with E-state index < -0.39 is 5.97 Å². The van der Waals surface area contributed by atoms with E-state index >= 15 is 0 Å². The van der Waals surface area contributed by atoms with Gasteiger partial charge in [-0.2, -0.15) is 0 Å². The van der Waals surface area contributed by atoms with Crippen LogP contribution in [-0.2, 0) is 11.3 Å². The van der Waals surface area contributed by atoms with Crippen molar-refractivity contribution < 1.29 is 14.3 Å². The maximum atomic E-state index is 11.2. The van der Waals surface area contributed by atoms with Gasteiger partial charge in [-0.15, -0.1) is 0 Å². The summed E-state index contributed by atoms with van der Waals surface area (Å²) in [6.07, 6.45) is 0. The molecule has 3 aromatic rings. The molecule has 0 aliphatic heterocycles. The van der Waals surface area contributed by atoms with E-state index in [9.17, 15) is 4.79 Å². The Kier molecular flexibility index (Phi) is 3.33. The van der Waals surface area contributed by atoms with Crippen LogP contribution in [0.3, 0.4) is 0 Å². The van der Waals surface area contributed by atoms with Crippen molar-refractivity contribution in [2.45, 2.75) is 20.4 Å². The Labute approximate surface area is 129 Å². The number of carbonyl (C=O) groups is 1. The molecule has 0 saturated carbocycles. The van der Waals surface area contributed by atoms with Crippen molar-refractivity contribution in [1.29, 1.82) is 0 Å². The topological polar surface area (TPSA) is 68.3 Å². The molecule has 6 heteroatoms. The van der Waals surface area contributed by atoms with Crippen LogP contribution in [-0.4, -0.2) is 20.6 Å². The van der Waals surface area contributed by atoms with Crippen molar-refractivity contribution in [2.24, 2.45) is 0 Å². The molecule has 2 aromatic heterocycles.